The lowest BCUT2D eigenvalue weighted by Gasteiger charge is -2.28. The van der Waals surface area contributed by atoms with Gasteiger partial charge in [0.1, 0.15) is 0 Å². The molecule has 122 valence electrons. The molecule has 1 fully saturated rings. The molecule has 23 heavy (non-hydrogen) atoms. The highest BCUT2D eigenvalue weighted by Crippen LogP contribution is 2.26. The second-order valence-electron chi connectivity index (χ2n) is 6.61. The van der Waals surface area contributed by atoms with Crippen LogP contribution in [0.25, 0.3) is 10.9 Å². The highest BCUT2D eigenvalue weighted by atomic mass is 16.2. The molecule has 1 aromatic carbocycles. The van der Waals surface area contributed by atoms with E-state index in [0.717, 1.165) is 41.5 Å². The Hall–Kier alpha value is -1.90. The number of carbonyl (C=O) groups excluding carboxylic acids is 1. The summed E-state index contributed by atoms with van der Waals surface area (Å²) < 4.78 is 0. The summed E-state index contributed by atoms with van der Waals surface area (Å²) >= 11 is 0. The van der Waals surface area contributed by atoms with Gasteiger partial charge in [-0.1, -0.05) is 31.0 Å². The molecule has 1 saturated carbocycles. The molecule has 1 aliphatic carbocycles. The third kappa shape index (κ3) is 3.10. The number of fused-ring (bicyclic) bond motifs is 1. The number of pyridine rings is 1. The Labute approximate surface area is 138 Å². The van der Waals surface area contributed by atoms with E-state index in [1.54, 1.807) is 0 Å². The van der Waals surface area contributed by atoms with E-state index in [2.05, 4.69) is 24.8 Å². The van der Waals surface area contributed by atoms with Gasteiger partial charge in [0.15, 0.2) is 0 Å². The highest BCUT2D eigenvalue weighted by molar-refractivity contribution is 5.86. The van der Waals surface area contributed by atoms with Gasteiger partial charge in [-0.05, 0) is 50.8 Å². The lowest BCUT2D eigenvalue weighted by Crippen LogP contribution is -2.39. The van der Waals surface area contributed by atoms with Crippen molar-refractivity contribution in [3.63, 3.8) is 0 Å². The Balaban J connectivity index is 1.89. The maximum Gasteiger partial charge on any atom is 0.227 e. The molecule has 0 saturated heterocycles. The number of hydrogen-bond donors (Lipinski definition) is 0. The van der Waals surface area contributed by atoms with Crippen molar-refractivity contribution < 1.29 is 4.79 Å². The summed E-state index contributed by atoms with van der Waals surface area (Å²) in [6, 6.07) is 8.63. The van der Waals surface area contributed by atoms with E-state index in [9.17, 15) is 4.79 Å². The molecule has 1 aliphatic rings. The number of amides is 1. The van der Waals surface area contributed by atoms with E-state index in [1.807, 2.05) is 25.1 Å². The van der Waals surface area contributed by atoms with Gasteiger partial charge in [-0.25, -0.2) is 0 Å². The number of para-hydroxylation sites is 1. The molecule has 1 heterocycles. The summed E-state index contributed by atoms with van der Waals surface area (Å²) in [5.41, 5.74) is 4.30. The number of rotatable bonds is 4. The molecule has 3 rings (SSSR count). The fourth-order valence-electron chi connectivity index (χ4n) is 3.94. The standard InChI is InChI=1S/C20H26N2O/c1-4-22(16-9-5-6-10-16)20(23)13-18-14(2)17-11-7-8-12-19(17)21-15(18)3/h7-8,11-12,16H,4-6,9-10,13H2,1-3H3. The monoisotopic (exact) mass is 310 g/mol. The lowest BCUT2D eigenvalue weighted by molar-refractivity contribution is -0.132. The second-order valence-corrected chi connectivity index (χ2v) is 6.61. The van der Waals surface area contributed by atoms with Crippen molar-refractivity contribution in [1.29, 1.82) is 0 Å². The van der Waals surface area contributed by atoms with Crippen molar-refractivity contribution in [1.82, 2.24) is 9.88 Å². The molecular formula is C20H26N2O. The van der Waals surface area contributed by atoms with E-state index in [1.165, 1.54) is 18.4 Å². The number of aryl methyl sites for hydroxylation is 2. The first-order valence-electron chi connectivity index (χ1n) is 8.76. The fraction of sp³-hybridized carbons (Fsp3) is 0.500. The van der Waals surface area contributed by atoms with Crippen LogP contribution in [0, 0.1) is 13.8 Å². The molecule has 3 nitrogen and oxygen atoms in total. The first-order chi connectivity index (χ1) is 11.1. The molecule has 0 unspecified atom stereocenters. The topological polar surface area (TPSA) is 33.2 Å². The van der Waals surface area contributed by atoms with Gasteiger partial charge in [0.2, 0.25) is 5.91 Å². The van der Waals surface area contributed by atoms with E-state index in [4.69, 9.17) is 4.98 Å². The quantitative estimate of drug-likeness (QED) is 0.848. The van der Waals surface area contributed by atoms with E-state index in [0.29, 0.717) is 12.5 Å². The summed E-state index contributed by atoms with van der Waals surface area (Å²) in [6.07, 6.45) is 5.30. The first kappa shape index (κ1) is 16.0. The summed E-state index contributed by atoms with van der Waals surface area (Å²) in [4.78, 5) is 19.7. The van der Waals surface area contributed by atoms with Crippen LogP contribution in [0.3, 0.4) is 0 Å². The fourth-order valence-corrected chi connectivity index (χ4v) is 3.94. The Kier molecular flexibility index (Phi) is 4.65. The van der Waals surface area contributed by atoms with E-state index >= 15 is 0 Å². The smallest absolute Gasteiger partial charge is 0.227 e. The highest BCUT2D eigenvalue weighted by Gasteiger charge is 2.26. The van der Waals surface area contributed by atoms with Crippen molar-refractivity contribution in [3.8, 4) is 0 Å². The van der Waals surface area contributed by atoms with Crippen LogP contribution in [0.4, 0.5) is 0 Å². The molecule has 0 radical (unpaired) electrons. The van der Waals surface area contributed by atoms with Gasteiger partial charge in [0, 0.05) is 23.7 Å². The molecular weight excluding hydrogens is 284 g/mol. The largest absolute Gasteiger partial charge is 0.340 e. The number of nitrogens with zero attached hydrogens (tertiary/aromatic N) is 2. The second kappa shape index (κ2) is 6.69. The third-order valence-electron chi connectivity index (χ3n) is 5.24. The SMILES string of the molecule is CCN(C(=O)Cc1c(C)nc2ccccc2c1C)C1CCCC1. The number of benzene rings is 1. The number of aromatic nitrogens is 1. The summed E-state index contributed by atoms with van der Waals surface area (Å²) in [5.74, 6) is 0.252. The molecule has 2 aromatic rings. The third-order valence-corrected chi connectivity index (χ3v) is 5.24. The predicted molar refractivity (Wildman–Crippen MR) is 94.6 cm³/mol. The van der Waals surface area contributed by atoms with Crippen LogP contribution >= 0.6 is 0 Å². The van der Waals surface area contributed by atoms with Gasteiger partial charge in [-0.3, -0.25) is 9.78 Å². The minimum atomic E-state index is 0.252. The molecule has 0 N–H and O–H groups in total. The Bertz CT molecular complexity index is 717. The van der Waals surface area contributed by atoms with Crippen LogP contribution in [-0.4, -0.2) is 28.4 Å². The molecule has 0 aliphatic heterocycles. The Morgan fingerprint density at radius 2 is 1.91 bits per heavy atom. The zero-order valence-electron chi connectivity index (χ0n) is 14.4. The average molecular weight is 310 g/mol. The van der Waals surface area contributed by atoms with Gasteiger partial charge in [0.25, 0.3) is 0 Å². The number of carbonyl (C=O) groups is 1. The van der Waals surface area contributed by atoms with Crippen molar-refractivity contribution >= 4 is 16.8 Å². The van der Waals surface area contributed by atoms with Gasteiger partial charge in [-0.2, -0.15) is 0 Å². The van der Waals surface area contributed by atoms with Gasteiger partial charge in [-0.15, -0.1) is 0 Å². The van der Waals surface area contributed by atoms with Gasteiger partial charge < -0.3 is 4.90 Å². The van der Waals surface area contributed by atoms with E-state index < -0.39 is 0 Å². The normalized spacial score (nSPS) is 15.3. The molecule has 1 amide bonds. The summed E-state index contributed by atoms with van der Waals surface area (Å²) in [6.45, 7) is 7.04. The minimum absolute atomic E-state index is 0.252. The van der Waals surface area contributed by atoms with Crippen LogP contribution in [-0.2, 0) is 11.2 Å². The minimum Gasteiger partial charge on any atom is -0.340 e. The zero-order chi connectivity index (χ0) is 16.4. The van der Waals surface area contributed by atoms with Gasteiger partial charge >= 0.3 is 0 Å². The van der Waals surface area contributed by atoms with Crippen LogP contribution in [0.15, 0.2) is 24.3 Å². The summed E-state index contributed by atoms with van der Waals surface area (Å²) in [7, 11) is 0. The summed E-state index contributed by atoms with van der Waals surface area (Å²) in [5, 5.41) is 1.16. The first-order valence-corrected chi connectivity index (χ1v) is 8.76. The Morgan fingerprint density at radius 1 is 1.22 bits per heavy atom. The van der Waals surface area contributed by atoms with Crippen molar-refractivity contribution in [2.24, 2.45) is 0 Å². The van der Waals surface area contributed by atoms with E-state index in [-0.39, 0.29) is 5.91 Å². The van der Waals surface area contributed by atoms with Crippen molar-refractivity contribution in [3.05, 3.63) is 41.1 Å². The molecule has 0 spiro atoms. The van der Waals surface area contributed by atoms with Crippen LogP contribution in [0.1, 0.15) is 49.4 Å². The maximum absolute atomic E-state index is 12.9. The number of likely N-dealkylation sites (N-methyl/N-ethyl adjacent to an activating group) is 1. The van der Waals surface area contributed by atoms with Crippen molar-refractivity contribution in [2.75, 3.05) is 6.54 Å². The van der Waals surface area contributed by atoms with Crippen LogP contribution in [0.2, 0.25) is 0 Å². The van der Waals surface area contributed by atoms with Crippen LogP contribution < -0.4 is 0 Å². The molecule has 0 atom stereocenters. The van der Waals surface area contributed by atoms with Crippen LogP contribution in [0.5, 0.6) is 0 Å². The maximum atomic E-state index is 12.9. The molecule has 0 bridgehead atoms. The number of hydrogen-bond acceptors (Lipinski definition) is 2. The average Bonchev–Trinajstić information content (AvgIpc) is 3.06. The Morgan fingerprint density at radius 3 is 2.61 bits per heavy atom. The lowest BCUT2D eigenvalue weighted by atomic mass is 9.98. The predicted octanol–water partition coefficient (Wildman–Crippen LogP) is 4.19. The van der Waals surface area contributed by atoms with Gasteiger partial charge in [0.05, 0.1) is 11.9 Å². The molecule has 3 heteroatoms. The molecule has 1 aromatic heterocycles. The zero-order valence-corrected chi connectivity index (χ0v) is 14.4. The van der Waals surface area contributed by atoms with Crippen molar-refractivity contribution in [2.45, 2.75) is 58.9 Å².